The van der Waals surface area contributed by atoms with E-state index in [2.05, 4.69) is 37.2 Å². The molecule has 1 aromatic rings. The molecule has 0 spiro atoms. The van der Waals surface area contributed by atoms with Crippen molar-refractivity contribution in [3.05, 3.63) is 26.6 Å². The highest BCUT2D eigenvalue weighted by atomic mass is 79.9. The predicted molar refractivity (Wildman–Crippen MR) is 83.3 cm³/mol. The first-order chi connectivity index (χ1) is 9.58. The van der Waals surface area contributed by atoms with Crippen LogP contribution >= 0.6 is 31.9 Å². The first-order valence-electron chi connectivity index (χ1n) is 6.03. The van der Waals surface area contributed by atoms with E-state index in [0.717, 1.165) is 20.9 Å². The molecule has 0 aromatic heterocycles. The Kier molecular flexibility index (Phi) is 7.59. The van der Waals surface area contributed by atoms with Gasteiger partial charge < -0.3 is 15.8 Å². The number of hydrogen-bond acceptors (Lipinski definition) is 4. The molecule has 0 atom stereocenters. The van der Waals surface area contributed by atoms with Crippen molar-refractivity contribution in [2.75, 3.05) is 19.7 Å². The average Bonchev–Trinajstić information content (AvgIpc) is 2.38. The molecule has 0 unspecified atom stereocenters. The van der Waals surface area contributed by atoms with Gasteiger partial charge in [0, 0.05) is 6.54 Å². The second-order valence-electron chi connectivity index (χ2n) is 3.97. The number of nitrogens with zero attached hydrogens (tertiary/aromatic N) is 1. The molecule has 0 aliphatic rings. The fourth-order valence-corrected chi connectivity index (χ4v) is 3.02. The summed E-state index contributed by atoms with van der Waals surface area (Å²) in [6.07, 6.45) is 1.05. The third kappa shape index (κ3) is 5.49. The van der Waals surface area contributed by atoms with Crippen LogP contribution in [0.2, 0.25) is 0 Å². The number of rotatable bonds is 7. The molecule has 0 bridgehead atoms. The lowest BCUT2D eigenvalue weighted by Crippen LogP contribution is -2.29. The Labute approximate surface area is 134 Å². The smallest absolute Gasteiger partial charge is 0.257 e. The van der Waals surface area contributed by atoms with E-state index in [1.807, 2.05) is 18.2 Å². The van der Waals surface area contributed by atoms with Crippen molar-refractivity contribution >= 4 is 37.8 Å². The van der Waals surface area contributed by atoms with Gasteiger partial charge in [0.25, 0.3) is 5.91 Å². The Hall–Kier alpha value is -1.10. The van der Waals surface area contributed by atoms with Crippen LogP contribution in [0.1, 0.15) is 12.0 Å². The number of nitrogens with one attached hydrogen (secondary N) is 1. The van der Waals surface area contributed by atoms with Crippen LogP contribution in [0.5, 0.6) is 5.75 Å². The van der Waals surface area contributed by atoms with Crippen LogP contribution in [0.3, 0.4) is 0 Å². The maximum Gasteiger partial charge on any atom is 0.257 e. The van der Waals surface area contributed by atoms with Crippen molar-refractivity contribution in [1.29, 1.82) is 5.26 Å². The van der Waals surface area contributed by atoms with Crippen LogP contribution in [0.25, 0.3) is 0 Å². The summed E-state index contributed by atoms with van der Waals surface area (Å²) in [4.78, 5) is 11.5. The number of amides is 1. The summed E-state index contributed by atoms with van der Waals surface area (Å²) in [5.41, 5.74) is 6.60. The molecular formula is C13H15Br2N3O2. The normalized spacial score (nSPS) is 9.90. The molecule has 20 heavy (non-hydrogen) atoms. The van der Waals surface area contributed by atoms with E-state index in [0.29, 0.717) is 18.8 Å². The van der Waals surface area contributed by atoms with Gasteiger partial charge in [0.05, 0.1) is 21.4 Å². The maximum absolute atomic E-state index is 11.5. The molecule has 0 fully saturated rings. The van der Waals surface area contributed by atoms with Gasteiger partial charge in [-0.2, -0.15) is 5.26 Å². The topological polar surface area (TPSA) is 88.1 Å². The number of nitrogens with two attached hydrogens (primary N) is 1. The number of nitriles is 1. The first-order valence-corrected chi connectivity index (χ1v) is 7.61. The number of benzene rings is 1. The fraction of sp³-hybridized carbons (Fsp3) is 0.385. The molecule has 0 aliphatic heterocycles. The predicted octanol–water partition coefficient (Wildman–Crippen LogP) is 2.12. The standard InChI is InChI=1S/C13H15Br2N3O2/c14-10-6-9(2-4-17)7-11(15)13(10)20-8-12(19)18-5-1-3-16/h6-7H,1-2,4-5,8,17H2,(H,18,19). The average molecular weight is 405 g/mol. The SMILES string of the molecule is N#CCCNC(=O)COc1c(Br)cc(CCN)cc1Br. The number of carbonyl (C=O) groups excluding carboxylic acids is 1. The Bertz CT molecular complexity index is 492. The van der Waals surface area contributed by atoms with Gasteiger partial charge >= 0.3 is 0 Å². The molecule has 1 amide bonds. The van der Waals surface area contributed by atoms with Crippen molar-refractivity contribution in [3.63, 3.8) is 0 Å². The van der Waals surface area contributed by atoms with Crippen LogP contribution in [0.15, 0.2) is 21.1 Å². The molecule has 3 N–H and O–H groups in total. The van der Waals surface area contributed by atoms with Crippen LogP contribution in [0, 0.1) is 11.3 Å². The van der Waals surface area contributed by atoms with E-state index in [9.17, 15) is 4.79 Å². The zero-order chi connectivity index (χ0) is 15.0. The van der Waals surface area contributed by atoms with E-state index in [1.165, 1.54) is 0 Å². The quantitative estimate of drug-likeness (QED) is 0.681. The molecule has 5 nitrogen and oxygen atoms in total. The molecule has 0 radical (unpaired) electrons. The number of halogens is 2. The minimum absolute atomic E-state index is 0.0983. The van der Waals surface area contributed by atoms with Crippen molar-refractivity contribution in [2.24, 2.45) is 5.73 Å². The van der Waals surface area contributed by atoms with Gasteiger partial charge in [0.2, 0.25) is 0 Å². The zero-order valence-corrected chi connectivity index (χ0v) is 14.0. The highest BCUT2D eigenvalue weighted by molar-refractivity contribution is 9.11. The molecule has 0 saturated heterocycles. The number of carbonyl (C=O) groups is 1. The van der Waals surface area contributed by atoms with Crippen molar-refractivity contribution < 1.29 is 9.53 Å². The molecule has 1 rings (SSSR count). The largest absolute Gasteiger partial charge is 0.481 e. The van der Waals surface area contributed by atoms with Crippen LogP contribution in [0.4, 0.5) is 0 Å². The van der Waals surface area contributed by atoms with E-state index >= 15 is 0 Å². The van der Waals surface area contributed by atoms with E-state index in [1.54, 1.807) is 0 Å². The Balaban J connectivity index is 2.60. The summed E-state index contributed by atoms with van der Waals surface area (Å²) in [6.45, 7) is 0.801. The highest BCUT2D eigenvalue weighted by Crippen LogP contribution is 2.34. The van der Waals surface area contributed by atoms with Gasteiger partial charge in [-0.3, -0.25) is 4.79 Å². The maximum atomic E-state index is 11.5. The van der Waals surface area contributed by atoms with Gasteiger partial charge in [-0.1, -0.05) is 0 Å². The zero-order valence-electron chi connectivity index (χ0n) is 10.8. The lowest BCUT2D eigenvalue weighted by Gasteiger charge is -2.12. The minimum Gasteiger partial charge on any atom is -0.481 e. The van der Waals surface area contributed by atoms with Gasteiger partial charge in [-0.25, -0.2) is 0 Å². The number of ether oxygens (including phenoxy) is 1. The molecule has 108 valence electrons. The van der Waals surface area contributed by atoms with Gasteiger partial charge in [0.15, 0.2) is 6.61 Å². The minimum atomic E-state index is -0.259. The summed E-state index contributed by atoms with van der Waals surface area (Å²) in [6, 6.07) is 5.79. The van der Waals surface area contributed by atoms with Gasteiger partial charge in [-0.05, 0) is 62.5 Å². The van der Waals surface area contributed by atoms with Crippen molar-refractivity contribution in [2.45, 2.75) is 12.8 Å². The monoisotopic (exact) mass is 403 g/mol. The summed E-state index contributed by atoms with van der Waals surface area (Å²) < 4.78 is 7.00. The Morgan fingerprint density at radius 3 is 2.60 bits per heavy atom. The molecule has 0 aliphatic carbocycles. The fourth-order valence-electron chi connectivity index (χ4n) is 1.51. The highest BCUT2D eigenvalue weighted by Gasteiger charge is 2.11. The summed E-state index contributed by atoms with van der Waals surface area (Å²) in [5.74, 6) is 0.311. The lowest BCUT2D eigenvalue weighted by molar-refractivity contribution is -0.123. The molecule has 7 heteroatoms. The molecule has 0 heterocycles. The Morgan fingerprint density at radius 1 is 1.40 bits per heavy atom. The van der Waals surface area contributed by atoms with E-state index in [4.69, 9.17) is 15.7 Å². The summed E-state index contributed by atoms with van der Waals surface area (Å²) >= 11 is 6.82. The van der Waals surface area contributed by atoms with E-state index < -0.39 is 0 Å². The third-order valence-electron chi connectivity index (χ3n) is 2.40. The van der Waals surface area contributed by atoms with Crippen LogP contribution in [-0.4, -0.2) is 25.6 Å². The summed E-state index contributed by atoms with van der Waals surface area (Å²) in [7, 11) is 0. The van der Waals surface area contributed by atoms with Crippen LogP contribution < -0.4 is 15.8 Å². The number of hydrogen-bond donors (Lipinski definition) is 2. The lowest BCUT2D eigenvalue weighted by atomic mass is 10.1. The van der Waals surface area contributed by atoms with Crippen molar-refractivity contribution in [3.8, 4) is 11.8 Å². The first kappa shape index (κ1) is 17.0. The third-order valence-corrected chi connectivity index (χ3v) is 3.58. The van der Waals surface area contributed by atoms with E-state index in [-0.39, 0.29) is 18.9 Å². The van der Waals surface area contributed by atoms with Crippen molar-refractivity contribution in [1.82, 2.24) is 5.32 Å². The molecular weight excluding hydrogens is 390 g/mol. The molecule has 1 aromatic carbocycles. The molecule has 0 saturated carbocycles. The van der Waals surface area contributed by atoms with Gasteiger partial charge in [0.1, 0.15) is 5.75 Å². The Morgan fingerprint density at radius 2 is 2.05 bits per heavy atom. The second kappa shape index (κ2) is 8.95. The van der Waals surface area contributed by atoms with Crippen LogP contribution in [-0.2, 0) is 11.2 Å². The summed E-state index contributed by atoms with van der Waals surface area (Å²) in [5, 5.41) is 11.0. The van der Waals surface area contributed by atoms with Gasteiger partial charge in [-0.15, -0.1) is 0 Å². The second-order valence-corrected chi connectivity index (χ2v) is 5.68.